The van der Waals surface area contributed by atoms with Crippen LogP contribution in [0.5, 0.6) is 0 Å². The van der Waals surface area contributed by atoms with Gasteiger partial charge in [-0.15, -0.1) is 0 Å². The molecule has 1 heterocycles. The number of carbonyl (C=O) groups excluding carboxylic acids is 1. The largest absolute Gasteiger partial charge is 0.297 e. The Kier molecular flexibility index (Phi) is 3.41. The summed E-state index contributed by atoms with van der Waals surface area (Å²) < 4.78 is 1.51. The van der Waals surface area contributed by atoms with Crippen LogP contribution in [0.2, 0.25) is 5.02 Å². The van der Waals surface area contributed by atoms with Crippen molar-refractivity contribution in [3.05, 3.63) is 51.6 Å². The number of nitrogens with zero attached hydrogens (tertiary/aromatic N) is 2. The maximum Gasteiger partial charge on any atom is 0.262 e. The third-order valence-corrected chi connectivity index (χ3v) is 4.24. The molecule has 0 bridgehead atoms. The van der Waals surface area contributed by atoms with Gasteiger partial charge in [-0.1, -0.05) is 29.8 Å². The van der Waals surface area contributed by atoms with E-state index in [2.05, 4.69) is 11.6 Å². The maximum atomic E-state index is 12.7. The number of aryl methyl sites for hydroxylation is 1. The molecule has 0 aliphatic heterocycles. The number of benzene rings is 1. The molecule has 3 rings (SSSR count). The summed E-state index contributed by atoms with van der Waals surface area (Å²) in [6, 6.07) is 4.67. The summed E-state index contributed by atoms with van der Waals surface area (Å²) in [5.41, 5.74) is 1.22. The second kappa shape index (κ2) is 5.11. The van der Waals surface area contributed by atoms with Crippen LogP contribution in [0.3, 0.4) is 0 Å². The molecular weight excluding hydrogens is 288 g/mol. The van der Waals surface area contributed by atoms with Gasteiger partial charge in [0.05, 0.1) is 22.0 Å². The Balaban J connectivity index is 2.22. The average molecular weight is 303 g/mol. The number of allylic oxidation sites excluding steroid dienone is 1. The van der Waals surface area contributed by atoms with Crippen molar-refractivity contribution < 1.29 is 4.79 Å². The van der Waals surface area contributed by atoms with Crippen LogP contribution >= 0.6 is 11.6 Å². The van der Waals surface area contributed by atoms with Crippen molar-refractivity contribution in [3.63, 3.8) is 0 Å². The molecule has 1 aromatic carbocycles. The lowest BCUT2D eigenvalue weighted by Crippen LogP contribution is -2.34. The SMILES string of the molecule is C=C1CCC(n2c(C)nc3c(Cl)cccc3c2=O)C(=O)C1. The van der Waals surface area contributed by atoms with Crippen LogP contribution in [0.15, 0.2) is 35.1 Å². The summed E-state index contributed by atoms with van der Waals surface area (Å²) in [4.78, 5) is 29.4. The van der Waals surface area contributed by atoms with E-state index in [9.17, 15) is 9.59 Å². The van der Waals surface area contributed by atoms with Crippen molar-refractivity contribution in [1.82, 2.24) is 9.55 Å². The second-order valence-electron chi connectivity index (χ2n) is 5.42. The molecule has 0 amide bonds. The Hall–Kier alpha value is -1.94. The minimum atomic E-state index is -0.445. The number of hydrogen-bond donors (Lipinski definition) is 0. The summed E-state index contributed by atoms with van der Waals surface area (Å²) in [6.45, 7) is 5.59. The number of rotatable bonds is 1. The van der Waals surface area contributed by atoms with Gasteiger partial charge in [-0.3, -0.25) is 14.2 Å². The predicted molar refractivity (Wildman–Crippen MR) is 82.8 cm³/mol. The van der Waals surface area contributed by atoms with Gasteiger partial charge in [0.1, 0.15) is 5.82 Å². The first-order valence-electron chi connectivity index (χ1n) is 6.86. The third-order valence-electron chi connectivity index (χ3n) is 3.94. The molecule has 1 aliphatic rings. The van der Waals surface area contributed by atoms with Gasteiger partial charge in [-0.25, -0.2) is 4.98 Å². The molecule has 2 aromatic rings. The first kappa shape index (κ1) is 14.0. The predicted octanol–water partition coefficient (Wildman–Crippen LogP) is 3.21. The Morgan fingerprint density at radius 3 is 2.86 bits per heavy atom. The van der Waals surface area contributed by atoms with Crippen molar-refractivity contribution in [2.45, 2.75) is 32.2 Å². The molecule has 0 saturated heterocycles. The highest BCUT2D eigenvalue weighted by Crippen LogP contribution is 2.28. The molecule has 1 fully saturated rings. The van der Waals surface area contributed by atoms with Crippen LogP contribution in [-0.2, 0) is 4.79 Å². The minimum absolute atomic E-state index is 0.0274. The van der Waals surface area contributed by atoms with Gasteiger partial charge >= 0.3 is 0 Å². The van der Waals surface area contributed by atoms with Crippen LogP contribution in [-0.4, -0.2) is 15.3 Å². The lowest BCUT2D eigenvalue weighted by Gasteiger charge is -2.25. The molecule has 1 aromatic heterocycles. The Labute approximate surface area is 127 Å². The van der Waals surface area contributed by atoms with E-state index in [0.717, 1.165) is 12.0 Å². The van der Waals surface area contributed by atoms with E-state index in [4.69, 9.17) is 11.6 Å². The van der Waals surface area contributed by atoms with Gasteiger partial charge in [-0.2, -0.15) is 0 Å². The zero-order valence-electron chi connectivity index (χ0n) is 11.7. The van der Waals surface area contributed by atoms with Crippen molar-refractivity contribution in [2.24, 2.45) is 0 Å². The number of aromatic nitrogens is 2. The quantitative estimate of drug-likeness (QED) is 0.760. The molecule has 108 valence electrons. The molecule has 1 atom stereocenters. The van der Waals surface area contributed by atoms with Gasteiger partial charge in [0, 0.05) is 6.42 Å². The van der Waals surface area contributed by atoms with Gasteiger partial charge < -0.3 is 0 Å². The molecular formula is C16H15ClN2O2. The standard InChI is InChI=1S/C16H15ClN2O2/c1-9-6-7-13(14(20)8-9)19-10(2)18-15-11(16(19)21)4-3-5-12(15)17/h3-5,13H,1,6-8H2,2H3. The zero-order chi connectivity index (χ0) is 15.1. The first-order chi connectivity index (χ1) is 9.99. The van der Waals surface area contributed by atoms with Crippen molar-refractivity contribution in [2.75, 3.05) is 0 Å². The fraction of sp³-hybridized carbons (Fsp3) is 0.312. The van der Waals surface area contributed by atoms with E-state index in [0.29, 0.717) is 34.6 Å². The highest BCUT2D eigenvalue weighted by Gasteiger charge is 2.28. The van der Waals surface area contributed by atoms with E-state index in [1.165, 1.54) is 4.57 Å². The van der Waals surface area contributed by atoms with E-state index in [1.54, 1.807) is 25.1 Å². The van der Waals surface area contributed by atoms with Crippen molar-refractivity contribution in [3.8, 4) is 0 Å². The van der Waals surface area contributed by atoms with E-state index in [-0.39, 0.29) is 11.3 Å². The van der Waals surface area contributed by atoms with Gasteiger partial charge in [0.2, 0.25) is 0 Å². The van der Waals surface area contributed by atoms with Gasteiger partial charge in [-0.05, 0) is 31.9 Å². The van der Waals surface area contributed by atoms with Crippen LogP contribution in [0.1, 0.15) is 31.1 Å². The molecule has 1 saturated carbocycles. The molecule has 0 N–H and O–H groups in total. The second-order valence-corrected chi connectivity index (χ2v) is 5.82. The van der Waals surface area contributed by atoms with E-state index in [1.807, 2.05) is 0 Å². The monoisotopic (exact) mass is 302 g/mol. The number of carbonyl (C=O) groups is 1. The number of Topliss-reactive ketones (excluding diaryl/α,β-unsaturated/α-hetero) is 1. The number of ketones is 1. The average Bonchev–Trinajstić information content (AvgIpc) is 2.42. The van der Waals surface area contributed by atoms with Crippen LogP contribution in [0, 0.1) is 6.92 Å². The molecule has 0 radical (unpaired) electrons. The highest BCUT2D eigenvalue weighted by atomic mass is 35.5. The summed E-state index contributed by atoms with van der Waals surface area (Å²) in [6.07, 6.45) is 1.70. The molecule has 0 spiro atoms. The van der Waals surface area contributed by atoms with Crippen LogP contribution in [0.4, 0.5) is 0 Å². The zero-order valence-corrected chi connectivity index (χ0v) is 12.5. The number of para-hydroxylation sites is 1. The summed E-state index contributed by atoms with van der Waals surface area (Å²) in [5.74, 6) is 0.547. The molecule has 4 nitrogen and oxygen atoms in total. The third kappa shape index (κ3) is 2.29. The van der Waals surface area contributed by atoms with Crippen LogP contribution < -0.4 is 5.56 Å². The fourth-order valence-corrected chi connectivity index (χ4v) is 3.11. The minimum Gasteiger partial charge on any atom is -0.297 e. The smallest absolute Gasteiger partial charge is 0.262 e. The fourth-order valence-electron chi connectivity index (χ4n) is 2.89. The lowest BCUT2D eigenvalue weighted by molar-refractivity contribution is -0.122. The number of fused-ring (bicyclic) bond motifs is 1. The molecule has 21 heavy (non-hydrogen) atoms. The molecule has 1 unspecified atom stereocenters. The van der Waals surface area contributed by atoms with E-state index < -0.39 is 6.04 Å². The van der Waals surface area contributed by atoms with Gasteiger partial charge in [0.15, 0.2) is 5.78 Å². The maximum absolute atomic E-state index is 12.7. The van der Waals surface area contributed by atoms with E-state index >= 15 is 0 Å². The highest BCUT2D eigenvalue weighted by molar-refractivity contribution is 6.34. The lowest BCUT2D eigenvalue weighted by atomic mass is 9.90. The van der Waals surface area contributed by atoms with Gasteiger partial charge in [0.25, 0.3) is 5.56 Å². The van der Waals surface area contributed by atoms with Crippen molar-refractivity contribution in [1.29, 1.82) is 0 Å². The number of halogens is 1. The molecule has 5 heteroatoms. The van der Waals surface area contributed by atoms with Crippen molar-refractivity contribution >= 4 is 28.3 Å². The Morgan fingerprint density at radius 1 is 1.38 bits per heavy atom. The number of hydrogen-bond acceptors (Lipinski definition) is 3. The summed E-state index contributed by atoms with van der Waals surface area (Å²) in [5, 5.41) is 0.897. The van der Waals surface area contributed by atoms with Crippen LogP contribution in [0.25, 0.3) is 10.9 Å². The Morgan fingerprint density at radius 2 is 2.14 bits per heavy atom. The topological polar surface area (TPSA) is 52.0 Å². The summed E-state index contributed by atoms with van der Waals surface area (Å²) in [7, 11) is 0. The summed E-state index contributed by atoms with van der Waals surface area (Å²) >= 11 is 6.10. The molecule has 1 aliphatic carbocycles. The Bertz CT molecular complexity index is 823. The normalized spacial score (nSPS) is 19.2. The first-order valence-corrected chi connectivity index (χ1v) is 7.23.